The maximum Gasteiger partial charge on any atom is 0.272 e. The van der Waals surface area contributed by atoms with Crippen LogP contribution in [0.1, 0.15) is 16.2 Å². The maximum absolute atomic E-state index is 12.0. The Bertz CT molecular complexity index is 816. The van der Waals surface area contributed by atoms with E-state index in [1.54, 1.807) is 12.1 Å². The van der Waals surface area contributed by atoms with E-state index in [1.807, 2.05) is 13.0 Å². The summed E-state index contributed by atoms with van der Waals surface area (Å²) in [6.07, 6.45) is 1.46. The van der Waals surface area contributed by atoms with E-state index in [1.165, 1.54) is 6.08 Å². The molecule has 3 rings (SSSR count). The van der Waals surface area contributed by atoms with Gasteiger partial charge in [0.25, 0.3) is 5.91 Å². The third-order valence-corrected chi connectivity index (χ3v) is 4.46. The van der Waals surface area contributed by atoms with Crippen LogP contribution in [0.4, 0.5) is 0 Å². The molecule has 7 nitrogen and oxygen atoms in total. The van der Waals surface area contributed by atoms with Gasteiger partial charge < -0.3 is 9.73 Å². The molecule has 0 fully saturated rings. The first-order valence-corrected chi connectivity index (χ1v) is 7.98. The average molecular weight is 307 g/mol. The second kappa shape index (κ2) is 4.88. The molecule has 1 aliphatic rings. The number of hydrogen-bond acceptors (Lipinski definition) is 5. The van der Waals surface area contributed by atoms with Crippen molar-refractivity contribution in [3.8, 4) is 11.5 Å². The van der Waals surface area contributed by atoms with E-state index in [9.17, 15) is 13.2 Å². The molecule has 8 heteroatoms. The molecular weight excluding hydrogens is 294 g/mol. The number of hydrogen-bond donors (Lipinski definition) is 2. The summed E-state index contributed by atoms with van der Waals surface area (Å²) in [5, 5.41) is 10.3. The number of aryl methyl sites for hydroxylation is 1. The first-order chi connectivity index (χ1) is 9.93. The van der Waals surface area contributed by atoms with Crippen molar-refractivity contribution in [2.24, 2.45) is 0 Å². The Balaban J connectivity index is 1.72. The first-order valence-electron chi connectivity index (χ1n) is 6.27. The Morgan fingerprint density at radius 1 is 1.48 bits per heavy atom. The fraction of sp³-hybridized carbons (Fsp3) is 0.231. The number of nitrogens with zero attached hydrogens (tertiary/aromatic N) is 1. The molecule has 0 radical (unpaired) electrons. The highest BCUT2D eigenvalue weighted by Gasteiger charge is 2.24. The number of carbonyl (C=O) groups is 1. The van der Waals surface area contributed by atoms with Crippen molar-refractivity contribution in [3.63, 3.8) is 0 Å². The quantitative estimate of drug-likeness (QED) is 0.880. The summed E-state index contributed by atoms with van der Waals surface area (Å²) < 4.78 is 28.0. The lowest BCUT2D eigenvalue weighted by atomic mass is 10.2. The van der Waals surface area contributed by atoms with Crippen LogP contribution in [-0.2, 0) is 9.84 Å². The number of rotatable bonds is 3. The van der Waals surface area contributed by atoms with E-state index in [0.717, 1.165) is 11.2 Å². The molecule has 3 heterocycles. The fourth-order valence-electron chi connectivity index (χ4n) is 2.05. The minimum absolute atomic E-state index is 0.118. The molecule has 0 aromatic carbocycles. The molecule has 2 N–H and O–H groups in total. The Labute approximate surface area is 121 Å². The van der Waals surface area contributed by atoms with E-state index in [-0.39, 0.29) is 11.4 Å². The lowest BCUT2D eigenvalue weighted by Gasteiger charge is -2.07. The predicted octanol–water partition coefficient (Wildman–Crippen LogP) is 1.02. The van der Waals surface area contributed by atoms with Crippen LogP contribution in [-0.4, -0.2) is 36.3 Å². The van der Waals surface area contributed by atoms with Gasteiger partial charge in [0.2, 0.25) is 0 Å². The van der Waals surface area contributed by atoms with E-state index in [2.05, 4.69) is 15.5 Å². The van der Waals surface area contributed by atoms with Gasteiger partial charge in [0, 0.05) is 11.5 Å². The van der Waals surface area contributed by atoms with Gasteiger partial charge in [-0.3, -0.25) is 9.89 Å². The van der Waals surface area contributed by atoms with Crippen molar-refractivity contribution < 1.29 is 17.6 Å². The molecule has 1 atom stereocenters. The normalized spacial score (nSPS) is 19.8. The van der Waals surface area contributed by atoms with Crippen molar-refractivity contribution in [3.05, 3.63) is 41.1 Å². The Morgan fingerprint density at radius 2 is 2.29 bits per heavy atom. The van der Waals surface area contributed by atoms with Gasteiger partial charge in [-0.15, -0.1) is 0 Å². The van der Waals surface area contributed by atoms with Gasteiger partial charge in [0.15, 0.2) is 21.3 Å². The Hall–Kier alpha value is -2.35. The number of amides is 1. The standard InChI is InChI=1S/C13H13N3O4S/c1-8-2-3-12(20-8)10-6-11(16-15-10)13(17)14-9-4-5-21(18,19)7-9/h2-6,9H,7H2,1H3,(H,14,17)(H,15,16). The van der Waals surface area contributed by atoms with Crippen molar-refractivity contribution in [2.75, 3.05) is 5.75 Å². The zero-order valence-electron chi connectivity index (χ0n) is 11.2. The van der Waals surface area contributed by atoms with Crippen LogP contribution in [0.5, 0.6) is 0 Å². The summed E-state index contributed by atoms with van der Waals surface area (Å²) in [5.74, 6) is 0.787. The highest BCUT2D eigenvalue weighted by atomic mass is 32.2. The third-order valence-electron chi connectivity index (χ3n) is 3.06. The smallest absolute Gasteiger partial charge is 0.272 e. The molecule has 1 amide bonds. The SMILES string of the molecule is Cc1ccc(-c2cc(C(=O)NC3C=CS(=O)(=O)C3)n[nH]2)o1. The summed E-state index contributed by atoms with van der Waals surface area (Å²) in [7, 11) is -3.20. The number of aromatic nitrogens is 2. The monoisotopic (exact) mass is 307 g/mol. The summed E-state index contributed by atoms with van der Waals surface area (Å²) in [6.45, 7) is 1.82. The number of sulfone groups is 1. The number of nitrogens with one attached hydrogen (secondary N) is 2. The molecule has 0 saturated carbocycles. The molecule has 110 valence electrons. The number of aromatic amines is 1. The first kappa shape index (κ1) is 13.6. The predicted molar refractivity (Wildman–Crippen MR) is 75.2 cm³/mol. The van der Waals surface area contributed by atoms with Crippen LogP contribution in [0.25, 0.3) is 11.5 Å². The zero-order chi connectivity index (χ0) is 15.0. The molecular formula is C13H13N3O4S. The molecule has 0 spiro atoms. The zero-order valence-corrected chi connectivity index (χ0v) is 12.0. The molecule has 0 saturated heterocycles. The van der Waals surface area contributed by atoms with Crippen LogP contribution >= 0.6 is 0 Å². The van der Waals surface area contributed by atoms with Crippen molar-refractivity contribution in [1.82, 2.24) is 15.5 Å². The van der Waals surface area contributed by atoms with Crippen LogP contribution in [0.15, 0.2) is 34.1 Å². The molecule has 2 aromatic rings. The van der Waals surface area contributed by atoms with Crippen molar-refractivity contribution in [2.45, 2.75) is 13.0 Å². The Morgan fingerprint density at radius 3 is 2.90 bits per heavy atom. The average Bonchev–Trinajstić information content (AvgIpc) is 3.09. The van der Waals surface area contributed by atoms with E-state index in [0.29, 0.717) is 11.5 Å². The lowest BCUT2D eigenvalue weighted by Crippen LogP contribution is -2.35. The minimum atomic E-state index is -3.20. The summed E-state index contributed by atoms with van der Waals surface area (Å²) in [6, 6.07) is 4.62. The van der Waals surface area contributed by atoms with Gasteiger partial charge in [0.05, 0.1) is 11.8 Å². The fourth-order valence-corrected chi connectivity index (χ4v) is 3.29. The topological polar surface area (TPSA) is 105 Å². The van der Waals surface area contributed by atoms with E-state index >= 15 is 0 Å². The van der Waals surface area contributed by atoms with Crippen LogP contribution < -0.4 is 5.32 Å². The third kappa shape index (κ3) is 2.89. The highest BCUT2D eigenvalue weighted by molar-refractivity contribution is 7.94. The van der Waals surface area contributed by atoms with Crippen molar-refractivity contribution >= 4 is 15.7 Å². The molecule has 2 aromatic heterocycles. The Kier molecular flexibility index (Phi) is 3.17. The number of furan rings is 1. The van der Waals surface area contributed by atoms with E-state index < -0.39 is 21.8 Å². The summed E-state index contributed by atoms with van der Waals surface area (Å²) in [5.41, 5.74) is 0.764. The van der Waals surface area contributed by atoms with Crippen molar-refractivity contribution in [1.29, 1.82) is 0 Å². The van der Waals surface area contributed by atoms with Gasteiger partial charge in [-0.2, -0.15) is 5.10 Å². The lowest BCUT2D eigenvalue weighted by molar-refractivity contribution is 0.0942. The van der Waals surface area contributed by atoms with Gasteiger partial charge >= 0.3 is 0 Å². The van der Waals surface area contributed by atoms with E-state index in [4.69, 9.17) is 4.42 Å². The molecule has 0 aliphatic carbocycles. The van der Waals surface area contributed by atoms with Gasteiger partial charge in [-0.1, -0.05) is 0 Å². The minimum Gasteiger partial charge on any atom is -0.460 e. The second-order valence-electron chi connectivity index (χ2n) is 4.82. The highest BCUT2D eigenvalue weighted by Crippen LogP contribution is 2.20. The maximum atomic E-state index is 12.0. The van der Waals surface area contributed by atoms with Crippen LogP contribution in [0.3, 0.4) is 0 Å². The molecule has 0 bridgehead atoms. The molecule has 21 heavy (non-hydrogen) atoms. The largest absolute Gasteiger partial charge is 0.460 e. The van der Waals surface area contributed by atoms with Gasteiger partial charge in [-0.05, 0) is 25.1 Å². The number of H-pyrrole nitrogens is 1. The summed E-state index contributed by atoms with van der Waals surface area (Å²) >= 11 is 0. The second-order valence-corrected chi connectivity index (χ2v) is 6.75. The molecule has 1 unspecified atom stereocenters. The number of carbonyl (C=O) groups excluding carboxylic acids is 1. The summed E-state index contributed by atoms with van der Waals surface area (Å²) in [4.78, 5) is 12.0. The molecule has 1 aliphatic heterocycles. The van der Waals surface area contributed by atoms with Gasteiger partial charge in [0.1, 0.15) is 11.5 Å². The van der Waals surface area contributed by atoms with Gasteiger partial charge in [-0.25, -0.2) is 8.42 Å². The van der Waals surface area contributed by atoms with Crippen LogP contribution in [0, 0.1) is 6.92 Å². The van der Waals surface area contributed by atoms with Crippen LogP contribution in [0.2, 0.25) is 0 Å².